The molecule has 1 aromatic heterocycles. The van der Waals surface area contributed by atoms with Gasteiger partial charge in [0, 0.05) is 18.3 Å². The molecule has 0 saturated heterocycles. The van der Waals surface area contributed by atoms with Crippen LogP contribution in [0.25, 0.3) is 6.08 Å². The number of carbonyl (C=O) groups is 2. The number of anilines is 2. The van der Waals surface area contributed by atoms with Crippen LogP contribution >= 0.6 is 11.3 Å². The van der Waals surface area contributed by atoms with E-state index in [1.807, 2.05) is 6.07 Å². The molecule has 0 aliphatic carbocycles. The molecule has 0 radical (unpaired) electrons. The molecular formula is C18H17FN4O2S. The molecule has 0 aliphatic heterocycles. The molecule has 134 valence electrons. The zero-order valence-electron chi connectivity index (χ0n) is 14.5. The van der Waals surface area contributed by atoms with Crippen LogP contribution in [0.4, 0.5) is 15.2 Å². The van der Waals surface area contributed by atoms with Gasteiger partial charge in [-0.25, -0.2) is 9.37 Å². The van der Waals surface area contributed by atoms with Gasteiger partial charge in [-0.05, 0) is 32.1 Å². The van der Waals surface area contributed by atoms with Crippen LogP contribution in [0.5, 0.6) is 0 Å². The number of hydrogen-bond acceptors (Lipinski definition) is 5. The van der Waals surface area contributed by atoms with Gasteiger partial charge in [-0.3, -0.25) is 14.5 Å². The monoisotopic (exact) mass is 372 g/mol. The van der Waals surface area contributed by atoms with Crippen molar-refractivity contribution in [3.63, 3.8) is 0 Å². The first kappa shape index (κ1) is 19.3. The van der Waals surface area contributed by atoms with Crippen molar-refractivity contribution in [2.24, 2.45) is 0 Å². The van der Waals surface area contributed by atoms with Crippen LogP contribution in [0, 0.1) is 17.1 Å². The standard InChI is InChI=1S/C18H17FN4O2S/c1-11(2)21-17(25)13(9-20)8-14-10-26-18(22-14)23(12(3)24)16-7-5-4-6-15(16)19/h4-8,10-11H,1-3H3,(H,21,25)/b13-8+. The largest absolute Gasteiger partial charge is 0.349 e. The topological polar surface area (TPSA) is 86.1 Å². The fourth-order valence-corrected chi connectivity index (χ4v) is 2.96. The molecule has 0 saturated carbocycles. The van der Waals surface area contributed by atoms with Crippen LogP contribution in [0.2, 0.25) is 0 Å². The number of amides is 2. The molecule has 2 aromatic rings. The fraction of sp³-hybridized carbons (Fsp3) is 0.222. The Morgan fingerprint density at radius 3 is 2.65 bits per heavy atom. The van der Waals surface area contributed by atoms with Gasteiger partial charge in [0.1, 0.15) is 17.5 Å². The molecule has 2 rings (SSSR count). The van der Waals surface area contributed by atoms with Crippen LogP contribution in [0.3, 0.4) is 0 Å². The third-order valence-corrected chi connectivity index (χ3v) is 4.03. The highest BCUT2D eigenvalue weighted by Gasteiger charge is 2.21. The van der Waals surface area contributed by atoms with Gasteiger partial charge in [0.2, 0.25) is 5.91 Å². The van der Waals surface area contributed by atoms with Gasteiger partial charge < -0.3 is 5.32 Å². The quantitative estimate of drug-likeness (QED) is 0.644. The Kier molecular flexibility index (Phi) is 6.20. The minimum atomic E-state index is -0.552. The van der Waals surface area contributed by atoms with E-state index in [2.05, 4.69) is 10.3 Å². The summed E-state index contributed by atoms with van der Waals surface area (Å²) >= 11 is 1.11. The molecule has 0 fully saturated rings. The molecular weight excluding hydrogens is 355 g/mol. The summed E-state index contributed by atoms with van der Waals surface area (Å²) in [6.07, 6.45) is 1.33. The van der Waals surface area contributed by atoms with E-state index < -0.39 is 17.6 Å². The van der Waals surface area contributed by atoms with Crippen molar-refractivity contribution >= 4 is 40.0 Å². The van der Waals surface area contributed by atoms with Gasteiger partial charge in [-0.2, -0.15) is 5.26 Å². The number of benzene rings is 1. The number of rotatable bonds is 5. The fourth-order valence-electron chi connectivity index (χ4n) is 2.12. The van der Waals surface area contributed by atoms with Crippen molar-refractivity contribution in [2.45, 2.75) is 26.8 Å². The lowest BCUT2D eigenvalue weighted by molar-refractivity contribution is -0.117. The Morgan fingerprint density at radius 2 is 2.08 bits per heavy atom. The lowest BCUT2D eigenvalue weighted by Gasteiger charge is -2.18. The zero-order valence-corrected chi connectivity index (χ0v) is 15.3. The Balaban J connectivity index is 2.37. The van der Waals surface area contributed by atoms with Crippen LogP contribution in [-0.4, -0.2) is 22.8 Å². The number of halogens is 1. The molecule has 0 aliphatic rings. The Hall–Kier alpha value is -3.05. The lowest BCUT2D eigenvalue weighted by atomic mass is 10.2. The first-order valence-corrected chi connectivity index (χ1v) is 8.65. The third kappa shape index (κ3) is 4.52. The third-order valence-electron chi connectivity index (χ3n) is 3.19. The molecule has 0 bridgehead atoms. The Labute approximate surface area is 154 Å². The first-order chi connectivity index (χ1) is 12.3. The number of nitrogens with one attached hydrogen (secondary N) is 1. The molecule has 26 heavy (non-hydrogen) atoms. The number of thiazole rings is 1. The van der Waals surface area contributed by atoms with Gasteiger partial charge in [0.05, 0.1) is 11.4 Å². The second-order valence-electron chi connectivity index (χ2n) is 5.66. The summed E-state index contributed by atoms with van der Waals surface area (Å²) in [6.45, 7) is 4.88. The number of hydrogen-bond donors (Lipinski definition) is 1. The zero-order chi connectivity index (χ0) is 19.3. The summed E-state index contributed by atoms with van der Waals surface area (Å²) in [6, 6.07) is 7.59. The number of carbonyl (C=O) groups excluding carboxylic acids is 2. The molecule has 1 heterocycles. The van der Waals surface area contributed by atoms with Gasteiger partial charge >= 0.3 is 0 Å². The number of para-hydroxylation sites is 1. The van der Waals surface area contributed by atoms with Gasteiger partial charge in [0.15, 0.2) is 5.13 Å². The maximum absolute atomic E-state index is 14.1. The summed E-state index contributed by atoms with van der Waals surface area (Å²) in [5, 5.41) is 13.6. The second kappa shape index (κ2) is 8.36. The van der Waals surface area contributed by atoms with Crippen molar-refractivity contribution in [1.82, 2.24) is 10.3 Å². The van der Waals surface area contributed by atoms with E-state index in [4.69, 9.17) is 0 Å². The van der Waals surface area contributed by atoms with Crippen LogP contribution in [-0.2, 0) is 9.59 Å². The summed E-state index contributed by atoms with van der Waals surface area (Å²) in [4.78, 5) is 29.4. The van der Waals surface area contributed by atoms with E-state index >= 15 is 0 Å². The van der Waals surface area contributed by atoms with Crippen LogP contribution in [0.1, 0.15) is 26.5 Å². The molecule has 0 spiro atoms. The number of nitriles is 1. The van der Waals surface area contributed by atoms with Crippen molar-refractivity contribution in [1.29, 1.82) is 5.26 Å². The predicted molar refractivity (Wildman–Crippen MR) is 98.2 cm³/mol. The van der Waals surface area contributed by atoms with Crippen LogP contribution in [0.15, 0.2) is 35.2 Å². The second-order valence-corrected chi connectivity index (χ2v) is 6.50. The first-order valence-electron chi connectivity index (χ1n) is 7.77. The molecule has 1 aromatic carbocycles. The number of nitrogens with zero attached hydrogens (tertiary/aromatic N) is 3. The SMILES string of the molecule is CC(=O)N(c1nc(/C=C(\C#N)C(=O)NC(C)C)cs1)c1ccccc1F. The lowest BCUT2D eigenvalue weighted by Crippen LogP contribution is -2.30. The molecule has 0 unspecified atom stereocenters. The maximum atomic E-state index is 14.1. The van der Waals surface area contributed by atoms with Crippen molar-refractivity contribution < 1.29 is 14.0 Å². The maximum Gasteiger partial charge on any atom is 0.262 e. The van der Waals surface area contributed by atoms with E-state index in [9.17, 15) is 19.2 Å². The van der Waals surface area contributed by atoms with E-state index in [0.29, 0.717) is 5.69 Å². The number of aromatic nitrogens is 1. The summed E-state index contributed by atoms with van der Waals surface area (Å²) in [7, 11) is 0. The highest BCUT2D eigenvalue weighted by atomic mass is 32.1. The minimum absolute atomic E-state index is 0.0861. The minimum Gasteiger partial charge on any atom is -0.349 e. The average molecular weight is 372 g/mol. The highest BCUT2D eigenvalue weighted by Crippen LogP contribution is 2.31. The van der Waals surface area contributed by atoms with Crippen LogP contribution < -0.4 is 10.2 Å². The predicted octanol–water partition coefficient (Wildman–Crippen LogP) is 3.40. The Bertz CT molecular complexity index is 899. The van der Waals surface area contributed by atoms with Gasteiger partial charge in [-0.1, -0.05) is 12.1 Å². The van der Waals surface area contributed by atoms with E-state index in [-0.39, 0.29) is 22.4 Å². The summed E-state index contributed by atoms with van der Waals surface area (Å²) < 4.78 is 14.1. The average Bonchev–Trinajstić information content (AvgIpc) is 3.01. The molecule has 6 nitrogen and oxygen atoms in total. The van der Waals surface area contributed by atoms with Gasteiger partial charge in [-0.15, -0.1) is 11.3 Å². The van der Waals surface area contributed by atoms with Crippen molar-refractivity contribution in [2.75, 3.05) is 4.90 Å². The van der Waals surface area contributed by atoms with Crippen molar-refractivity contribution in [3.05, 3.63) is 46.7 Å². The van der Waals surface area contributed by atoms with E-state index in [1.165, 1.54) is 31.2 Å². The highest BCUT2D eigenvalue weighted by molar-refractivity contribution is 7.14. The molecule has 0 atom stereocenters. The molecule has 1 N–H and O–H groups in total. The van der Waals surface area contributed by atoms with Crippen molar-refractivity contribution in [3.8, 4) is 6.07 Å². The summed E-state index contributed by atoms with van der Waals surface area (Å²) in [5.74, 6) is -1.46. The molecule has 8 heteroatoms. The smallest absolute Gasteiger partial charge is 0.262 e. The normalized spacial score (nSPS) is 11.2. The summed E-state index contributed by atoms with van der Waals surface area (Å²) in [5.41, 5.74) is 0.321. The van der Waals surface area contributed by atoms with E-state index in [0.717, 1.165) is 16.2 Å². The molecule has 2 amide bonds. The van der Waals surface area contributed by atoms with Gasteiger partial charge in [0.25, 0.3) is 5.91 Å². The Morgan fingerprint density at radius 1 is 1.38 bits per heavy atom. The van der Waals surface area contributed by atoms with E-state index in [1.54, 1.807) is 25.3 Å².